The predicted molar refractivity (Wildman–Crippen MR) is 77.1 cm³/mol. The van der Waals surface area contributed by atoms with Crippen LogP contribution in [0.2, 0.25) is 5.15 Å². The molecule has 0 radical (unpaired) electrons. The number of rotatable bonds is 6. The van der Waals surface area contributed by atoms with Gasteiger partial charge in [0.2, 0.25) is 5.91 Å². The van der Waals surface area contributed by atoms with Gasteiger partial charge in [-0.1, -0.05) is 11.6 Å². The third-order valence-corrected chi connectivity index (χ3v) is 2.66. The van der Waals surface area contributed by atoms with E-state index in [1.54, 1.807) is 4.90 Å². The number of hydrogen-bond acceptors (Lipinski definition) is 5. The molecular formula is C12H17ClN4O3. The second kappa shape index (κ2) is 7.04. The van der Waals surface area contributed by atoms with Gasteiger partial charge in [0.1, 0.15) is 11.0 Å². The van der Waals surface area contributed by atoms with E-state index in [1.807, 2.05) is 20.8 Å². The number of likely N-dealkylation sites (N-methyl/N-ethyl adjacent to an activating group) is 1. The predicted octanol–water partition coefficient (Wildman–Crippen LogP) is 1.99. The van der Waals surface area contributed by atoms with Crippen molar-refractivity contribution in [1.29, 1.82) is 0 Å². The van der Waals surface area contributed by atoms with E-state index in [0.717, 1.165) is 0 Å². The monoisotopic (exact) mass is 300 g/mol. The highest BCUT2D eigenvalue weighted by Gasteiger charge is 2.16. The molecule has 0 saturated carbocycles. The Morgan fingerprint density at radius 3 is 2.70 bits per heavy atom. The number of aromatic nitrogens is 1. The first-order valence-corrected chi connectivity index (χ1v) is 6.57. The van der Waals surface area contributed by atoms with Crippen LogP contribution in [0.3, 0.4) is 0 Å². The molecule has 1 N–H and O–H groups in total. The van der Waals surface area contributed by atoms with Crippen LogP contribution < -0.4 is 10.2 Å². The Balaban J connectivity index is 2.94. The maximum atomic E-state index is 11.8. The molecule has 0 bridgehead atoms. The molecule has 0 aliphatic rings. The number of nitro groups is 1. The number of nitrogens with zero attached hydrogens (tertiary/aromatic N) is 3. The topological polar surface area (TPSA) is 88.4 Å². The first-order chi connectivity index (χ1) is 9.33. The lowest BCUT2D eigenvalue weighted by Crippen LogP contribution is -2.40. The van der Waals surface area contributed by atoms with Gasteiger partial charge in [-0.15, -0.1) is 0 Å². The summed E-state index contributed by atoms with van der Waals surface area (Å²) in [7, 11) is 0. The van der Waals surface area contributed by atoms with Gasteiger partial charge in [0, 0.05) is 12.6 Å². The first kappa shape index (κ1) is 16.2. The molecule has 0 atom stereocenters. The fourth-order valence-electron chi connectivity index (χ4n) is 1.63. The van der Waals surface area contributed by atoms with Crippen LogP contribution in [-0.2, 0) is 4.79 Å². The Morgan fingerprint density at radius 1 is 1.55 bits per heavy atom. The smallest absolute Gasteiger partial charge is 0.276 e. The highest BCUT2D eigenvalue weighted by atomic mass is 35.5. The van der Waals surface area contributed by atoms with Crippen LogP contribution in [0.4, 0.5) is 11.5 Å². The lowest BCUT2D eigenvalue weighted by atomic mass is 10.3. The quantitative estimate of drug-likeness (QED) is 0.493. The highest BCUT2D eigenvalue weighted by Crippen LogP contribution is 2.23. The van der Waals surface area contributed by atoms with Gasteiger partial charge >= 0.3 is 0 Å². The molecule has 8 heteroatoms. The number of hydrogen-bond donors (Lipinski definition) is 1. The van der Waals surface area contributed by atoms with Crippen LogP contribution in [0.25, 0.3) is 0 Å². The molecule has 20 heavy (non-hydrogen) atoms. The molecule has 0 aromatic carbocycles. The molecule has 0 fully saturated rings. The Labute approximate surface area is 122 Å². The van der Waals surface area contributed by atoms with Crippen LogP contribution in [0.5, 0.6) is 0 Å². The number of halogens is 1. The third kappa shape index (κ3) is 4.65. The minimum atomic E-state index is -0.543. The average Bonchev–Trinajstić information content (AvgIpc) is 2.34. The molecule has 7 nitrogen and oxygen atoms in total. The van der Waals surface area contributed by atoms with E-state index >= 15 is 0 Å². The van der Waals surface area contributed by atoms with Gasteiger partial charge in [-0.05, 0) is 20.8 Å². The maximum Gasteiger partial charge on any atom is 0.276 e. The van der Waals surface area contributed by atoms with Crippen LogP contribution in [0.15, 0.2) is 12.1 Å². The molecule has 1 aromatic heterocycles. The minimum absolute atomic E-state index is 0.0249. The van der Waals surface area contributed by atoms with E-state index in [2.05, 4.69) is 10.3 Å². The van der Waals surface area contributed by atoms with Crippen molar-refractivity contribution in [1.82, 2.24) is 10.3 Å². The fourth-order valence-corrected chi connectivity index (χ4v) is 1.83. The van der Waals surface area contributed by atoms with Crippen molar-refractivity contribution in [3.63, 3.8) is 0 Å². The summed E-state index contributed by atoms with van der Waals surface area (Å²) in [5.41, 5.74) is -0.150. The zero-order valence-corrected chi connectivity index (χ0v) is 12.3. The lowest BCUT2D eigenvalue weighted by molar-refractivity contribution is -0.384. The van der Waals surface area contributed by atoms with Crippen LogP contribution >= 0.6 is 11.6 Å². The Bertz CT molecular complexity index is 507. The van der Waals surface area contributed by atoms with Gasteiger partial charge in [-0.25, -0.2) is 4.98 Å². The Hall–Kier alpha value is -1.89. The Morgan fingerprint density at radius 2 is 2.20 bits per heavy atom. The number of anilines is 1. The molecule has 1 heterocycles. The highest BCUT2D eigenvalue weighted by molar-refractivity contribution is 6.29. The van der Waals surface area contributed by atoms with Gasteiger partial charge in [0.25, 0.3) is 5.69 Å². The van der Waals surface area contributed by atoms with E-state index in [1.165, 1.54) is 12.1 Å². The average molecular weight is 301 g/mol. The van der Waals surface area contributed by atoms with Gasteiger partial charge in [-0.3, -0.25) is 14.9 Å². The van der Waals surface area contributed by atoms with Crippen LogP contribution in [0.1, 0.15) is 20.8 Å². The van der Waals surface area contributed by atoms with E-state index in [-0.39, 0.29) is 29.3 Å². The second-order valence-corrected chi connectivity index (χ2v) is 4.89. The molecule has 1 aromatic rings. The van der Waals surface area contributed by atoms with Gasteiger partial charge in [0.15, 0.2) is 0 Å². The zero-order valence-electron chi connectivity index (χ0n) is 11.6. The van der Waals surface area contributed by atoms with E-state index in [0.29, 0.717) is 12.4 Å². The minimum Gasteiger partial charge on any atom is -0.352 e. The van der Waals surface area contributed by atoms with Crippen molar-refractivity contribution in [2.24, 2.45) is 0 Å². The molecule has 0 aliphatic heterocycles. The second-order valence-electron chi connectivity index (χ2n) is 4.50. The third-order valence-electron chi connectivity index (χ3n) is 2.47. The molecule has 110 valence electrons. The van der Waals surface area contributed by atoms with Crippen molar-refractivity contribution in [2.75, 3.05) is 18.0 Å². The molecule has 1 rings (SSSR count). The Kier molecular flexibility index (Phi) is 5.69. The zero-order chi connectivity index (χ0) is 15.3. The largest absolute Gasteiger partial charge is 0.352 e. The molecular weight excluding hydrogens is 284 g/mol. The van der Waals surface area contributed by atoms with Crippen molar-refractivity contribution in [3.8, 4) is 0 Å². The summed E-state index contributed by atoms with van der Waals surface area (Å²) in [5.74, 6) is 0.136. The number of carbonyl (C=O) groups is 1. The summed E-state index contributed by atoms with van der Waals surface area (Å²) in [4.78, 5) is 27.7. The van der Waals surface area contributed by atoms with Crippen molar-refractivity contribution < 1.29 is 9.72 Å². The van der Waals surface area contributed by atoms with E-state index in [9.17, 15) is 14.9 Å². The summed E-state index contributed by atoms with van der Waals surface area (Å²) in [6.45, 7) is 6.10. The normalized spacial score (nSPS) is 10.4. The van der Waals surface area contributed by atoms with E-state index in [4.69, 9.17) is 11.6 Å². The summed E-state index contributed by atoms with van der Waals surface area (Å²) < 4.78 is 0. The summed E-state index contributed by atoms with van der Waals surface area (Å²) in [5, 5.41) is 13.6. The maximum absolute atomic E-state index is 11.8. The number of carbonyl (C=O) groups excluding carboxylic acids is 1. The van der Waals surface area contributed by atoms with Crippen LogP contribution in [0, 0.1) is 10.1 Å². The lowest BCUT2D eigenvalue weighted by Gasteiger charge is -2.22. The number of nitrogens with one attached hydrogen (secondary N) is 1. The van der Waals surface area contributed by atoms with Gasteiger partial charge in [0.05, 0.1) is 23.6 Å². The van der Waals surface area contributed by atoms with Crippen molar-refractivity contribution in [3.05, 3.63) is 27.4 Å². The molecule has 0 spiro atoms. The standard InChI is InChI=1S/C12H17ClN4O3/c1-4-16(7-12(18)14-8(2)3)11-6-9(17(19)20)5-10(13)15-11/h5-6,8H,4,7H2,1-3H3,(H,14,18). The van der Waals surface area contributed by atoms with E-state index < -0.39 is 4.92 Å². The fraction of sp³-hybridized carbons (Fsp3) is 0.500. The summed E-state index contributed by atoms with van der Waals surface area (Å²) in [6.07, 6.45) is 0. The summed E-state index contributed by atoms with van der Waals surface area (Å²) in [6, 6.07) is 2.51. The number of amides is 1. The van der Waals surface area contributed by atoms with Crippen molar-refractivity contribution >= 4 is 29.0 Å². The van der Waals surface area contributed by atoms with Gasteiger partial charge in [-0.2, -0.15) is 0 Å². The summed E-state index contributed by atoms with van der Waals surface area (Å²) >= 11 is 5.77. The molecule has 0 saturated heterocycles. The van der Waals surface area contributed by atoms with Crippen LogP contribution in [-0.4, -0.2) is 34.9 Å². The number of pyridine rings is 1. The first-order valence-electron chi connectivity index (χ1n) is 6.19. The molecule has 0 aliphatic carbocycles. The molecule has 1 amide bonds. The van der Waals surface area contributed by atoms with Gasteiger partial charge < -0.3 is 10.2 Å². The SMILES string of the molecule is CCN(CC(=O)NC(C)C)c1cc([N+](=O)[O-])cc(Cl)n1. The van der Waals surface area contributed by atoms with Crippen molar-refractivity contribution in [2.45, 2.75) is 26.8 Å². The molecule has 0 unspecified atom stereocenters.